The molecule has 2 aliphatic heterocycles. The minimum Gasteiger partial charge on any atom is -0.444 e. The van der Waals surface area contributed by atoms with Crippen LogP contribution in [0.5, 0.6) is 0 Å². The first-order valence-corrected chi connectivity index (χ1v) is 11.1. The van der Waals surface area contributed by atoms with Crippen molar-refractivity contribution in [2.24, 2.45) is 4.99 Å². The van der Waals surface area contributed by atoms with Gasteiger partial charge in [-0.05, 0) is 45.0 Å². The summed E-state index contributed by atoms with van der Waals surface area (Å²) in [7, 11) is 0. The zero-order chi connectivity index (χ0) is 21.7. The van der Waals surface area contributed by atoms with Crippen molar-refractivity contribution in [3.05, 3.63) is 35.4 Å². The first-order chi connectivity index (χ1) is 14.3. The Balaban J connectivity index is 0.00000341. The van der Waals surface area contributed by atoms with Gasteiger partial charge in [0.2, 0.25) is 0 Å². The monoisotopic (exact) mass is 543 g/mol. The predicted octanol–water partition coefficient (Wildman–Crippen LogP) is 3.53. The topological polar surface area (TPSA) is 60.4 Å². The lowest BCUT2D eigenvalue weighted by molar-refractivity contribution is 0.0137. The standard InChI is InChI=1S/C23H37N5O2.HI/c1-6-26(7-2)16-19-10-8-9-18(13-19)14-24-21-25-15-20-17-27(11-12-28(20)21)22(29)30-23(3,4)5;/h8-10,13,20H,6-7,11-12,14-17H2,1-5H3,(H,24,25);1H. The van der Waals surface area contributed by atoms with Gasteiger partial charge in [0.05, 0.1) is 12.6 Å². The van der Waals surface area contributed by atoms with E-state index in [4.69, 9.17) is 9.73 Å². The van der Waals surface area contributed by atoms with Crippen molar-refractivity contribution in [1.29, 1.82) is 0 Å². The first kappa shape index (κ1) is 25.7. The Morgan fingerprint density at radius 1 is 1.23 bits per heavy atom. The van der Waals surface area contributed by atoms with E-state index in [2.05, 4.69) is 53.2 Å². The molecular formula is C23H38IN5O2. The molecule has 7 nitrogen and oxygen atoms in total. The number of hydrogen-bond acceptors (Lipinski definition) is 6. The van der Waals surface area contributed by atoms with Crippen LogP contribution in [0.3, 0.4) is 0 Å². The van der Waals surface area contributed by atoms with Crippen LogP contribution in [-0.2, 0) is 17.8 Å². The van der Waals surface area contributed by atoms with Crippen molar-refractivity contribution in [3.63, 3.8) is 0 Å². The Hall–Kier alpha value is -1.55. The Kier molecular flexibility index (Phi) is 9.42. The molecule has 1 fully saturated rings. The molecule has 2 heterocycles. The van der Waals surface area contributed by atoms with Gasteiger partial charge in [0.25, 0.3) is 0 Å². The van der Waals surface area contributed by atoms with Gasteiger partial charge in [-0.2, -0.15) is 0 Å². The number of benzene rings is 1. The average Bonchev–Trinajstić information content (AvgIpc) is 3.12. The van der Waals surface area contributed by atoms with Gasteiger partial charge in [0, 0.05) is 32.7 Å². The van der Waals surface area contributed by atoms with Crippen LogP contribution in [0.25, 0.3) is 0 Å². The summed E-state index contributed by atoms with van der Waals surface area (Å²) in [5.41, 5.74) is 2.14. The lowest BCUT2D eigenvalue weighted by atomic mass is 10.1. The molecule has 0 bridgehead atoms. The van der Waals surface area contributed by atoms with Crippen LogP contribution < -0.4 is 5.32 Å². The molecule has 8 heteroatoms. The fourth-order valence-corrected chi connectivity index (χ4v) is 3.95. The summed E-state index contributed by atoms with van der Waals surface area (Å²) in [6.45, 7) is 16.8. The summed E-state index contributed by atoms with van der Waals surface area (Å²) in [6.07, 6.45) is -0.228. The number of rotatable bonds is 6. The van der Waals surface area contributed by atoms with Crippen LogP contribution in [0.2, 0.25) is 0 Å². The van der Waals surface area contributed by atoms with E-state index in [1.54, 1.807) is 0 Å². The lowest BCUT2D eigenvalue weighted by Crippen LogP contribution is -2.57. The maximum atomic E-state index is 12.4. The minimum absolute atomic E-state index is 0. The van der Waals surface area contributed by atoms with Crippen molar-refractivity contribution in [2.75, 3.05) is 39.3 Å². The number of amides is 1. The molecule has 0 radical (unpaired) electrons. The van der Waals surface area contributed by atoms with Gasteiger partial charge in [0.15, 0.2) is 5.96 Å². The molecule has 1 aromatic rings. The highest BCUT2D eigenvalue weighted by Crippen LogP contribution is 2.19. The first-order valence-electron chi connectivity index (χ1n) is 11.1. The van der Waals surface area contributed by atoms with Gasteiger partial charge in [-0.1, -0.05) is 38.1 Å². The second-order valence-corrected chi connectivity index (χ2v) is 9.07. The summed E-state index contributed by atoms with van der Waals surface area (Å²) >= 11 is 0. The molecule has 1 saturated heterocycles. The van der Waals surface area contributed by atoms with Crippen LogP contribution in [0.1, 0.15) is 45.7 Å². The molecule has 174 valence electrons. The van der Waals surface area contributed by atoms with E-state index in [1.807, 2.05) is 25.7 Å². The minimum atomic E-state index is -0.465. The molecule has 2 aliphatic rings. The van der Waals surface area contributed by atoms with Crippen molar-refractivity contribution in [1.82, 2.24) is 20.0 Å². The fraction of sp³-hybridized carbons (Fsp3) is 0.652. The van der Waals surface area contributed by atoms with E-state index in [0.29, 0.717) is 19.6 Å². The second-order valence-electron chi connectivity index (χ2n) is 9.07. The van der Waals surface area contributed by atoms with Crippen LogP contribution in [0, 0.1) is 0 Å². The van der Waals surface area contributed by atoms with E-state index in [1.165, 1.54) is 11.1 Å². The third-order valence-corrected chi connectivity index (χ3v) is 5.60. The molecule has 1 amide bonds. The molecule has 3 rings (SSSR count). The van der Waals surface area contributed by atoms with Gasteiger partial charge >= 0.3 is 6.09 Å². The summed E-state index contributed by atoms with van der Waals surface area (Å²) in [5, 5.41) is 3.52. The van der Waals surface area contributed by atoms with Crippen LogP contribution >= 0.6 is 24.0 Å². The van der Waals surface area contributed by atoms with E-state index < -0.39 is 5.60 Å². The summed E-state index contributed by atoms with van der Waals surface area (Å²) < 4.78 is 5.52. The number of nitrogens with one attached hydrogen (secondary N) is 1. The zero-order valence-corrected chi connectivity index (χ0v) is 21.9. The maximum Gasteiger partial charge on any atom is 0.410 e. The smallest absolute Gasteiger partial charge is 0.410 e. The van der Waals surface area contributed by atoms with Gasteiger partial charge in [0.1, 0.15) is 5.60 Å². The number of carbonyl (C=O) groups is 1. The highest BCUT2D eigenvalue weighted by atomic mass is 127. The number of halogens is 1. The predicted molar refractivity (Wildman–Crippen MR) is 136 cm³/mol. The van der Waals surface area contributed by atoms with E-state index in [-0.39, 0.29) is 36.1 Å². The third-order valence-electron chi connectivity index (χ3n) is 5.60. The molecule has 1 aromatic carbocycles. The van der Waals surface area contributed by atoms with E-state index in [0.717, 1.165) is 38.7 Å². The quantitative estimate of drug-likeness (QED) is 0.557. The Morgan fingerprint density at radius 2 is 1.94 bits per heavy atom. The zero-order valence-electron chi connectivity index (χ0n) is 19.6. The van der Waals surface area contributed by atoms with Gasteiger partial charge < -0.3 is 19.9 Å². The molecule has 0 spiro atoms. The van der Waals surface area contributed by atoms with E-state index in [9.17, 15) is 4.79 Å². The van der Waals surface area contributed by atoms with Crippen LogP contribution in [0.15, 0.2) is 29.3 Å². The van der Waals surface area contributed by atoms with Gasteiger partial charge in [-0.25, -0.2) is 4.79 Å². The summed E-state index contributed by atoms with van der Waals surface area (Å²) in [4.78, 5) is 23.6. The fourth-order valence-electron chi connectivity index (χ4n) is 3.95. The number of aliphatic imine (C=N–C) groups is 1. The van der Waals surface area contributed by atoms with Crippen molar-refractivity contribution < 1.29 is 9.53 Å². The highest BCUT2D eigenvalue weighted by molar-refractivity contribution is 14.0. The Bertz CT molecular complexity index is 761. The van der Waals surface area contributed by atoms with E-state index >= 15 is 0 Å². The number of piperazine rings is 1. The SMILES string of the molecule is CCN(CC)Cc1cccc(CNC2=NCC3CN(C(=O)OC(C)(C)C)CCN23)c1.I. The maximum absolute atomic E-state index is 12.4. The second kappa shape index (κ2) is 11.4. The van der Waals surface area contributed by atoms with Crippen molar-refractivity contribution >= 4 is 36.0 Å². The van der Waals surface area contributed by atoms with Crippen LogP contribution in [0.4, 0.5) is 4.79 Å². The molecule has 0 aromatic heterocycles. The van der Waals surface area contributed by atoms with Gasteiger partial charge in [-0.3, -0.25) is 9.89 Å². The summed E-state index contributed by atoms with van der Waals surface area (Å²) in [6, 6.07) is 8.99. The Morgan fingerprint density at radius 3 is 2.61 bits per heavy atom. The lowest BCUT2D eigenvalue weighted by Gasteiger charge is -2.39. The molecule has 0 saturated carbocycles. The molecule has 1 atom stereocenters. The molecule has 0 aliphatic carbocycles. The number of nitrogens with zero attached hydrogens (tertiary/aromatic N) is 4. The number of fused-ring (bicyclic) bond motifs is 1. The molecule has 1 N–H and O–H groups in total. The summed E-state index contributed by atoms with van der Waals surface area (Å²) in [5.74, 6) is 0.943. The number of hydrogen-bond donors (Lipinski definition) is 1. The number of guanidine groups is 1. The average molecular weight is 543 g/mol. The number of carbonyl (C=O) groups excluding carboxylic acids is 1. The third kappa shape index (κ3) is 7.24. The van der Waals surface area contributed by atoms with Gasteiger partial charge in [-0.15, -0.1) is 24.0 Å². The highest BCUT2D eigenvalue weighted by Gasteiger charge is 2.36. The molecule has 1 unspecified atom stereocenters. The van der Waals surface area contributed by atoms with Crippen molar-refractivity contribution in [3.8, 4) is 0 Å². The van der Waals surface area contributed by atoms with Crippen LogP contribution in [-0.4, -0.2) is 77.7 Å². The molecular weight excluding hydrogens is 505 g/mol. The molecule has 31 heavy (non-hydrogen) atoms. The van der Waals surface area contributed by atoms with Crippen molar-refractivity contribution in [2.45, 2.75) is 59.4 Å². The normalized spacial score (nSPS) is 18.4. The number of ether oxygens (including phenoxy) is 1. The largest absolute Gasteiger partial charge is 0.444 e. The Labute approximate surface area is 204 Å².